The number of carbonyl (C=O) groups is 2. The Labute approximate surface area is 214 Å². The van der Waals surface area contributed by atoms with E-state index in [4.69, 9.17) is 30.5 Å². The number of carbonyl (C=O) groups excluding carboxylic acids is 2. The van der Waals surface area contributed by atoms with Crippen molar-refractivity contribution in [3.05, 3.63) is 76.3 Å². The van der Waals surface area contributed by atoms with Crippen LogP contribution in [0.15, 0.2) is 54.6 Å². The standard InChI is InChI=1S/C27H27ClN2O6/c1-30-25(15-10-11-20(33-2)23(12-15)36-5)24(16-8-6-7-9-17(16)27(30)32)26(31)29-19-13-18(28)21(34-3)14-22(19)35-4/h6-14,24-25H,1-5H3,(H,29,31)/t24-,25-/m0/s1. The highest BCUT2D eigenvalue weighted by Crippen LogP contribution is 2.45. The van der Waals surface area contributed by atoms with E-state index in [-0.39, 0.29) is 11.8 Å². The Balaban J connectivity index is 1.83. The molecule has 0 aromatic heterocycles. The van der Waals surface area contributed by atoms with Gasteiger partial charge in [-0.2, -0.15) is 0 Å². The molecule has 0 radical (unpaired) electrons. The van der Waals surface area contributed by atoms with Crippen molar-refractivity contribution in [3.8, 4) is 23.0 Å². The summed E-state index contributed by atoms with van der Waals surface area (Å²) in [6.07, 6.45) is 0. The molecule has 0 aliphatic carbocycles. The maximum absolute atomic E-state index is 13.9. The van der Waals surface area contributed by atoms with Crippen LogP contribution in [0.1, 0.15) is 33.4 Å². The van der Waals surface area contributed by atoms with E-state index in [0.29, 0.717) is 44.8 Å². The molecule has 4 rings (SSSR count). The number of rotatable bonds is 7. The Bertz CT molecular complexity index is 1310. The summed E-state index contributed by atoms with van der Waals surface area (Å²) in [5.74, 6) is 0.597. The summed E-state index contributed by atoms with van der Waals surface area (Å²) >= 11 is 6.33. The van der Waals surface area contributed by atoms with Crippen LogP contribution in [0.3, 0.4) is 0 Å². The van der Waals surface area contributed by atoms with Gasteiger partial charge in [-0.15, -0.1) is 0 Å². The second-order valence-corrected chi connectivity index (χ2v) is 8.62. The van der Waals surface area contributed by atoms with Crippen LogP contribution in [-0.2, 0) is 4.79 Å². The Morgan fingerprint density at radius 3 is 2.19 bits per heavy atom. The van der Waals surface area contributed by atoms with Gasteiger partial charge in [0.2, 0.25) is 5.91 Å². The first-order valence-corrected chi connectivity index (χ1v) is 11.5. The topological polar surface area (TPSA) is 86.3 Å². The maximum Gasteiger partial charge on any atom is 0.254 e. The highest BCUT2D eigenvalue weighted by atomic mass is 35.5. The molecule has 2 atom stereocenters. The lowest BCUT2D eigenvalue weighted by Gasteiger charge is -2.40. The average Bonchev–Trinajstić information content (AvgIpc) is 2.90. The van der Waals surface area contributed by atoms with E-state index in [2.05, 4.69) is 5.32 Å². The van der Waals surface area contributed by atoms with Crippen molar-refractivity contribution in [2.24, 2.45) is 0 Å². The molecular weight excluding hydrogens is 484 g/mol. The molecule has 1 aliphatic rings. The monoisotopic (exact) mass is 510 g/mol. The van der Waals surface area contributed by atoms with E-state index in [1.54, 1.807) is 61.5 Å². The zero-order chi connectivity index (χ0) is 26.0. The number of ether oxygens (including phenoxy) is 4. The predicted octanol–water partition coefficient (Wildman–Crippen LogP) is 4.92. The summed E-state index contributed by atoms with van der Waals surface area (Å²) < 4.78 is 21.6. The molecule has 1 aliphatic heterocycles. The lowest BCUT2D eigenvalue weighted by Crippen LogP contribution is -2.44. The fraction of sp³-hybridized carbons (Fsp3) is 0.259. The van der Waals surface area contributed by atoms with Gasteiger partial charge in [-0.3, -0.25) is 9.59 Å². The van der Waals surface area contributed by atoms with Crippen molar-refractivity contribution in [1.29, 1.82) is 0 Å². The average molecular weight is 511 g/mol. The number of nitrogens with one attached hydrogen (secondary N) is 1. The number of hydrogen-bond acceptors (Lipinski definition) is 6. The molecule has 3 aromatic carbocycles. The second-order valence-electron chi connectivity index (χ2n) is 8.22. The molecule has 1 N–H and O–H groups in total. The zero-order valence-corrected chi connectivity index (χ0v) is 21.4. The van der Waals surface area contributed by atoms with Gasteiger partial charge in [-0.25, -0.2) is 0 Å². The SMILES string of the molecule is COc1cc(OC)c(NC(=O)[C@H]2c3ccccc3C(=O)N(C)[C@H]2c2ccc(OC)c(OC)c2)cc1Cl. The van der Waals surface area contributed by atoms with E-state index in [9.17, 15) is 9.59 Å². The van der Waals surface area contributed by atoms with Crippen LogP contribution < -0.4 is 24.3 Å². The number of methoxy groups -OCH3 is 4. The lowest BCUT2D eigenvalue weighted by atomic mass is 9.79. The van der Waals surface area contributed by atoms with Crippen LogP contribution in [0, 0.1) is 0 Å². The van der Waals surface area contributed by atoms with Gasteiger partial charge < -0.3 is 29.2 Å². The van der Waals surface area contributed by atoms with Crippen molar-refractivity contribution in [2.75, 3.05) is 40.8 Å². The van der Waals surface area contributed by atoms with Gasteiger partial charge >= 0.3 is 0 Å². The van der Waals surface area contributed by atoms with Crippen LogP contribution in [0.2, 0.25) is 5.02 Å². The van der Waals surface area contributed by atoms with Crippen LogP contribution in [0.4, 0.5) is 5.69 Å². The molecule has 1 heterocycles. The number of benzene rings is 3. The normalized spacial score (nSPS) is 16.7. The first kappa shape index (κ1) is 25.2. The predicted molar refractivity (Wildman–Crippen MR) is 137 cm³/mol. The van der Waals surface area contributed by atoms with E-state index in [1.165, 1.54) is 21.3 Å². The number of fused-ring (bicyclic) bond motifs is 1. The zero-order valence-electron chi connectivity index (χ0n) is 20.6. The van der Waals surface area contributed by atoms with E-state index in [0.717, 1.165) is 5.56 Å². The number of hydrogen-bond donors (Lipinski definition) is 1. The first-order valence-electron chi connectivity index (χ1n) is 11.1. The van der Waals surface area contributed by atoms with Gasteiger partial charge in [0.25, 0.3) is 5.91 Å². The van der Waals surface area contributed by atoms with Gasteiger partial charge in [0.15, 0.2) is 11.5 Å². The van der Waals surface area contributed by atoms with Gasteiger partial charge in [0.05, 0.1) is 51.1 Å². The van der Waals surface area contributed by atoms with Crippen molar-refractivity contribution in [2.45, 2.75) is 12.0 Å². The molecule has 0 saturated carbocycles. The molecule has 2 amide bonds. The Morgan fingerprint density at radius 1 is 0.861 bits per heavy atom. The smallest absolute Gasteiger partial charge is 0.254 e. The number of likely N-dealkylation sites (N-methyl/N-ethyl adjacent to an activating group) is 1. The van der Waals surface area contributed by atoms with E-state index in [1.807, 2.05) is 12.1 Å². The summed E-state index contributed by atoms with van der Waals surface area (Å²) in [7, 11) is 7.76. The van der Waals surface area contributed by atoms with Crippen LogP contribution in [0.5, 0.6) is 23.0 Å². The van der Waals surface area contributed by atoms with Gasteiger partial charge in [0.1, 0.15) is 11.5 Å². The van der Waals surface area contributed by atoms with Crippen molar-refractivity contribution in [1.82, 2.24) is 4.90 Å². The van der Waals surface area contributed by atoms with Crippen LogP contribution in [-0.4, -0.2) is 52.2 Å². The third-order valence-electron chi connectivity index (χ3n) is 6.34. The summed E-state index contributed by atoms with van der Waals surface area (Å²) in [6.45, 7) is 0. The summed E-state index contributed by atoms with van der Waals surface area (Å²) in [4.78, 5) is 28.8. The van der Waals surface area contributed by atoms with Crippen LogP contribution in [0.25, 0.3) is 0 Å². The lowest BCUT2D eigenvalue weighted by molar-refractivity contribution is -0.119. The minimum atomic E-state index is -0.743. The quantitative estimate of drug-likeness (QED) is 0.485. The van der Waals surface area contributed by atoms with Crippen molar-refractivity contribution >= 4 is 29.1 Å². The van der Waals surface area contributed by atoms with Crippen molar-refractivity contribution in [3.63, 3.8) is 0 Å². The van der Waals surface area contributed by atoms with E-state index < -0.39 is 12.0 Å². The molecule has 3 aromatic rings. The van der Waals surface area contributed by atoms with Gasteiger partial charge in [-0.05, 0) is 35.4 Å². The second kappa shape index (κ2) is 10.4. The minimum Gasteiger partial charge on any atom is -0.495 e. The molecule has 0 saturated heterocycles. The number of amides is 2. The first-order chi connectivity index (χ1) is 17.3. The molecule has 0 unspecified atom stereocenters. The summed E-state index contributed by atoms with van der Waals surface area (Å²) in [5, 5.41) is 3.27. The third-order valence-corrected chi connectivity index (χ3v) is 6.64. The highest BCUT2D eigenvalue weighted by Gasteiger charge is 2.43. The molecule has 0 bridgehead atoms. The molecule has 0 spiro atoms. The molecule has 0 fully saturated rings. The Kier molecular flexibility index (Phi) is 7.26. The number of anilines is 1. The fourth-order valence-electron chi connectivity index (χ4n) is 4.58. The molecular formula is C27H27ClN2O6. The summed E-state index contributed by atoms with van der Waals surface area (Å²) in [5.41, 5.74) is 2.20. The number of nitrogens with zero attached hydrogens (tertiary/aromatic N) is 1. The van der Waals surface area contributed by atoms with Crippen molar-refractivity contribution < 1.29 is 28.5 Å². The fourth-order valence-corrected chi connectivity index (χ4v) is 4.82. The van der Waals surface area contributed by atoms with Gasteiger partial charge in [-0.1, -0.05) is 35.9 Å². The molecule has 9 heteroatoms. The largest absolute Gasteiger partial charge is 0.495 e. The number of halogens is 1. The van der Waals surface area contributed by atoms with E-state index >= 15 is 0 Å². The van der Waals surface area contributed by atoms with Gasteiger partial charge in [0, 0.05) is 18.7 Å². The molecule has 188 valence electrons. The molecule has 36 heavy (non-hydrogen) atoms. The highest BCUT2D eigenvalue weighted by molar-refractivity contribution is 6.32. The maximum atomic E-state index is 13.9. The summed E-state index contributed by atoms with van der Waals surface area (Å²) in [6, 6.07) is 15.1. The minimum absolute atomic E-state index is 0.181. The third kappa shape index (κ3) is 4.40. The van der Waals surface area contributed by atoms with Crippen LogP contribution >= 0.6 is 11.6 Å². The Hall–Kier alpha value is -3.91. The Morgan fingerprint density at radius 2 is 1.53 bits per heavy atom. The molecule has 8 nitrogen and oxygen atoms in total.